The van der Waals surface area contributed by atoms with Gasteiger partial charge in [0.2, 0.25) is 5.91 Å². The molecule has 12 heteroatoms. The van der Waals surface area contributed by atoms with E-state index in [9.17, 15) is 19.5 Å². The Balaban J connectivity index is 0.991. The van der Waals surface area contributed by atoms with Gasteiger partial charge in [-0.25, -0.2) is 4.79 Å². The van der Waals surface area contributed by atoms with E-state index in [4.69, 9.17) is 37.9 Å². The highest BCUT2D eigenvalue weighted by molar-refractivity contribution is 6.42. The number of hydrogen-bond acceptors (Lipinski definition) is 7. The van der Waals surface area contributed by atoms with Gasteiger partial charge >= 0.3 is 5.97 Å². The molecule has 0 saturated heterocycles. The third kappa shape index (κ3) is 9.19. The van der Waals surface area contributed by atoms with Gasteiger partial charge in [-0.05, 0) is 99.6 Å². The zero-order chi connectivity index (χ0) is 42.6. The smallest absolute Gasteiger partial charge is 0.326 e. The Morgan fingerprint density at radius 3 is 2.21 bits per heavy atom. The average molecular weight is 852 g/mol. The summed E-state index contributed by atoms with van der Waals surface area (Å²) in [5.41, 5.74) is 7.95. The van der Waals surface area contributed by atoms with E-state index in [0.717, 1.165) is 39.1 Å². The molecule has 0 fully saturated rings. The van der Waals surface area contributed by atoms with Gasteiger partial charge < -0.3 is 29.7 Å². The highest BCUT2D eigenvalue weighted by Crippen LogP contribution is 2.42. The van der Waals surface area contributed by atoms with Gasteiger partial charge in [-0.15, -0.1) is 0 Å². The number of fused-ring (bicyclic) bond motifs is 2. The molecule has 2 heterocycles. The van der Waals surface area contributed by atoms with Crippen LogP contribution in [0.25, 0.3) is 11.1 Å². The zero-order valence-electron chi connectivity index (χ0n) is 33.1. The number of carboxylic acids is 1. The van der Waals surface area contributed by atoms with E-state index in [1.807, 2.05) is 92.0 Å². The lowest BCUT2D eigenvalue weighted by molar-refractivity contribution is -0.142. The first-order chi connectivity index (χ1) is 29.5. The maximum absolute atomic E-state index is 14.2. The van der Waals surface area contributed by atoms with Crippen LogP contribution in [0.1, 0.15) is 49.8 Å². The molecule has 61 heavy (non-hydrogen) atoms. The number of nitriles is 1. The Labute approximate surface area is 363 Å². The molecule has 6 aromatic carbocycles. The van der Waals surface area contributed by atoms with Crippen molar-refractivity contribution >= 4 is 46.7 Å². The summed E-state index contributed by atoms with van der Waals surface area (Å²) in [6.45, 7) is 1.01. The lowest BCUT2D eigenvalue weighted by atomic mass is 9.90. The van der Waals surface area contributed by atoms with E-state index in [1.54, 1.807) is 48.5 Å². The summed E-state index contributed by atoms with van der Waals surface area (Å²) >= 11 is 12.2. The first kappa shape index (κ1) is 41.0. The normalized spacial score (nSPS) is 16.0. The number of anilines is 1. The van der Waals surface area contributed by atoms with Crippen molar-refractivity contribution in [1.29, 1.82) is 5.26 Å². The molecule has 2 N–H and O–H groups in total. The van der Waals surface area contributed by atoms with Gasteiger partial charge in [0, 0.05) is 32.0 Å². The van der Waals surface area contributed by atoms with Crippen molar-refractivity contribution in [2.75, 3.05) is 18.5 Å². The second kappa shape index (κ2) is 17.8. The van der Waals surface area contributed by atoms with Gasteiger partial charge in [-0.3, -0.25) is 9.59 Å². The minimum absolute atomic E-state index is 0.0377. The molecule has 0 aliphatic carbocycles. The van der Waals surface area contributed by atoms with Crippen LogP contribution in [-0.4, -0.2) is 53.5 Å². The summed E-state index contributed by atoms with van der Waals surface area (Å²) in [4.78, 5) is 44.6. The number of carboxylic acid groups (broad SMARTS) is 1. The summed E-state index contributed by atoms with van der Waals surface area (Å²) < 4.78 is 12.6. The summed E-state index contributed by atoms with van der Waals surface area (Å²) in [6.07, 6.45) is -0.0702. The minimum atomic E-state index is -1.24. The molecular formula is C49H40Cl2N4O6. The molecule has 10 nitrogen and oxygen atoms in total. The van der Waals surface area contributed by atoms with Gasteiger partial charge in [0.25, 0.3) is 5.91 Å². The number of rotatable bonds is 11. The number of aliphatic carboxylic acids is 1. The van der Waals surface area contributed by atoms with Crippen LogP contribution in [0, 0.1) is 11.3 Å². The Bertz CT molecular complexity index is 2630. The number of likely N-dealkylation sites (N-methyl/N-ethyl adjacent to an activating group) is 1. The predicted molar refractivity (Wildman–Crippen MR) is 234 cm³/mol. The molecule has 2 amide bonds. The van der Waals surface area contributed by atoms with Gasteiger partial charge in [-0.1, -0.05) is 96.0 Å². The minimum Gasteiger partial charge on any atom is -0.489 e. The molecule has 2 aliphatic heterocycles. The summed E-state index contributed by atoms with van der Waals surface area (Å²) in [5.74, 6) is -0.729. The van der Waals surface area contributed by atoms with E-state index in [-0.39, 0.29) is 31.4 Å². The third-order valence-corrected chi connectivity index (χ3v) is 11.9. The summed E-state index contributed by atoms with van der Waals surface area (Å²) in [5, 5.41) is 23.1. The first-order valence-electron chi connectivity index (χ1n) is 19.7. The van der Waals surface area contributed by atoms with Gasteiger partial charge in [-0.2, -0.15) is 5.26 Å². The molecule has 0 bridgehead atoms. The van der Waals surface area contributed by atoms with E-state index < -0.39 is 24.0 Å². The molecule has 6 aromatic rings. The molecule has 0 saturated carbocycles. The second-order valence-electron chi connectivity index (χ2n) is 15.2. The monoisotopic (exact) mass is 850 g/mol. The van der Waals surface area contributed by atoms with Crippen molar-refractivity contribution < 1.29 is 29.0 Å². The van der Waals surface area contributed by atoms with Gasteiger partial charge in [0.15, 0.2) is 0 Å². The lowest BCUT2D eigenvalue weighted by Crippen LogP contribution is -2.56. The van der Waals surface area contributed by atoms with Crippen molar-refractivity contribution in [3.63, 3.8) is 0 Å². The molecule has 0 radical (unpaired) electrons. The number of amides is 2. The summed E-state index contributed by atoms with van der Waals surface area (Å²) in [7, 11) is 1.99. The SMILES string of the molecule is CN1C[C@H](c2ccc(OCc3ccc(Cl)c(Cl)c3)cc2)Oc2cc3c(cc21)C[C@@H](C(=O)NC(Cc1ccc(-c2ccc(C#N)cc2)cc1)C(=O)O)N(C(=O)c1ccccc1)C3. The number of nitrogens with one attached hydrogen (secondary N) is 1. The standard InChI is InChI=1S/C49H40Cl2N4O6/c1-54-28-46(35-16-18-39(19-17-35)60-29-32-11-20-40(50)41(51)21-32)61-45-25-38-27-55(48(57)36-5-3-2-4-6-36)44(24-37(38)23-43(45)54)47(56)53-42(49(58)59)22-30-7-12-33(13-8-30)34-14-9-31(26-52)10-15-34/h2-21,23,25,42,44,46H,22,24,27-29H2,1H3,(H,53,56)(H,58,59)/t42?,44-,46+/m0/s1. The second-order valence-corrected chi connectivity index (χ2v) is 16.0. The van der Waals surface area contributed by atoms with Gasteiger partial charge in [0.1, 0.15) is 36.3 Å². The van der Waals surface area contributed by atoms with E-state index in [0.29, 0.717) is 51.4 Å². The van der Waals surface area contributed by atoms with Crippen LogP contribution in [0.5, 0.6) is 11.5 Å². The molecule has 2 aliphatic rings. The topological polar surface area (TPSA) is 132 Å². The fraction of sp³-hybridized carbons (Fsp3) is 0.184. The molecule has 1 unspecified atom stereocenters. The quantitative estimate of drug-likeness (QED) is 0.132. The maximum atomic E-state index is 14.2. The third-order valence-electron chi connectivity index (χ3n) is 11.1. The Kier molecular flexibility index (Phi) is 12.0. The Morgan fingerprint density at radius 1 is 0.852 bits per heavy atom. The van der Waals surface area contributed by atoms with E-state index >= 15 is 0 Å². The number of hydrogen-bond donors (Lipinski definition) is 2. The molecular weight excluding hydrogens is 811 g/mol. The fourth-order valence-electron chi connectivity index (χ4n) is 7.75. The number of nitrogens with zero attached hydrogens (tertiary/aromatic N) is 3. The highest BCUT2D eigenvalue weighted by atomic mass is 35.5. The summed E-state index contributed by atoms with van der Waals surface area (Å²) in [6, 6.07) is 40.4. The molecule has 8 rings (SSSR count). The zero-order valence-corrected chi connectivity index (χ0v) is 34.6. The highest BCUT2D eigenvalue weighted by Gasteiger charge is 2.38. The number of ether oxygens (including phenoxy) is 2. The number of benzene rings is 6. The van der Waals surface area contributed by atoms with Crippen LogP contribution < -0.4 is 19.7 Å². The number of halogens is 2. The van der Waals surface area contributed by atoms with Crippen molar-refractivity contribution in [3.8, 4) is 28.7 Å². The predicted octanol–water partition coefficient (Wildman–Crippen LogP) is 9.06. The molecule has 306 valence electrons. The van der Waals surface area contributed by atoms with Crippen molar-refractivity contribution in [1.82, 2.24) is 10.2 Å². The van der Waals surface area contributed by atoms with Crippen LogP contribution in [0.3, 0.4) is 0 Å². The maximum Gasteiger partial charge on any atom is 0.326 e. The van der Waals surface area contributed by atoms with Crippen molar-refractivity contribution in [2.24, 2.45) is 0 Å². The first-order valence-corrected chi connectivity index (χ1v) is 20.5. The van der Waals surface area contributed by atoms with Crippen LogP contribution in [-0.2, 0) is 35.6 Å². The molecule has 0 spiro atoms. The van der Waals surface area contributed by atoms with Crippen molar-refractivity contribution in [3.05, 3.63) is 182 Å². The average Bonchev–Trinajstić information content (AvgIpc) is 3.28. The lowest BCUT2D eigenvalue weighted by Gasteiger charge is -2.39. The van der Waals surface area contributed by atoms with E-state index in [1.165, 1.54) is 4.90 Å². The molecule has 0 aromatic heterocycles. The Morgan fingerprint density at radius 2 is 1.54 bits per heavy atom. The van der Waals surface area contributed by atoms with Crippen LogP contribution in [0.2, 0.25) is 10.0 Å². The largest absolute Gasteiger partial charge is 0.489 e. The van der Waals surface area contributed by atoms with Crippen LogP contribution >= 0.6 is 23.2 Å². The van der Waals surface area contributed by atoms with Crippen LogP contribution in [0.15, 0.2) is 133 Å². The van der Waals surface area contributed by atoms with Gasteiger partial charge in [0.05, 0.1) is 33.9 Å². The van der Waals surface area contributed by atoms with Crippen LogP contribution in [0.4, 0.5) is 5.69 Å². The van der Waals surface area contributed by atoms with E-state index in [2.05, 4.69) is 16.3 Å². The number of carbonyl (C=O) groups is 3. The molecule has 3 atom stereocenters. The Hall–Kier alpha value is -6.80. The number of carbonyl (C=O) groups excluding carboxylic acids is 2. The fourth-order valence-corrected chi connectivity index (χ4v) is 8.07. The van der Waals surface area contributed by atoms with Crippen molar-refractivity contribution in [2.45, 2.75) is 44.2 Å².